The topological polar surface area (TPSA) is 191 Å². The molecule has 2 heterocycles. The monoisotopic (exact) mass is 626 g/mol. The van der Waals surface area contributed by atoms with Crippen LogP contribution in [0.4, 0.5) is 0 Å². The maximum Gasteiger partial charge on any atom is 0.287 e. The second kappa shape index (κ2) is 10.9. The summed E-state index contributed by atoms with van der Waals surface area (Å²) in [7, 11) is 0. The van der Waals surface area contributed by atoms with Crippen LogP contribution in [0.25, 0.3) is 0 Å². The lowest BCUT2D eigenvalue weighted by atomic mass is 9.73. The van der Waals surface area contributed by atoms with E-state index in [-0.39, 0.29) is 39.7 Å². The minimum atomic E-state index is -1.09. The van der Waals surface area contributed by atoms with E-state index in [4.69, 9.17) is 15.9 Å². The number of ketones is 1. The summed E-state index contributed by atoms with van der Waals surface area (Å²) >= 11 is 0. The first-order valence-corrected chi connectivity index (χ1v) is 16.3. The van der Waals surface area contributed by atoms with Crippen molar-refractivity contribution in [3.63, 3.8) is 0 Å². The molecular weight excluding hydrogens is 576 g/mol. The van der Waals surface area contributed by atoms with Crippen molar-refractivity contribution in [2.45, 2.75) is 123 Å². The minimum absolute atomic E-state index is 0.00157. The van der Waals surface area contributed by atoms with Crippen molar-refractivity contribution in [2.24, 2.45) is 39.0 Å². The maximum atomic E-state index is 14.6. The number of hydrogen-bond acceptors (Lipinski definition) is 8. The summed E-state index contributed by atoms with van der Waals surface area (Å²) in [4.78, 5) is 72.6. The third-order valence-electron chi connectivity index (χ3n) is 11.7. The van der Waals surface area contributed by atoms with Gasteiger partial charge >= 0.3 is 0 Å². The average Bonchev–Trinajstić information content (AvgIpc) is 3.34. The van der Waals surface area contributed by atoms with E-state index in [9.17, 15) is 24.0 Å². The predicted octanol–water partition coefficient (Wildman–Crippen LogP) is 2.54. The predicted molar refractivity (Wildman–Crippen MR) is 165 cm³/mol. The van der Waals surface area contributed by atoms with Gasteiger partial charge in [0.05, 0.1) is 11.6 Å². The largest absolute Gasteiger partial charge is 0.446 e. The van der Waals surface area contributed by atoms with Gasteiger partial charge in [-0.1, -0.05) is 60.3 Å². The van der Waals surface area contributed by atoms with Gasteiger partial charge in [0.25, 0.3) is 11.8 Å². The summed E-state index contributed by atoms with van der Waals surface area (Å²) in [6.45, 7) is 13.8. The standard InChI is InChI=1S/C33H50N6O6/c1-29(2,3)23(38-25(42)20-16-45-28(37-20)30(4,5)35)27(44)39-17-33(31(6,7)32(33)12-9-13-32)15-21(39)26(43)36-19(22(40)24(34)41)14-18-10-8-11-18/h16,18-19,21,23H,8-15,17,35H2,1-7H3,(H2,34,41)(H,36,43)(H,38,42)/t19?,21-,23?,33?/m0/s1. The van der Waals surface area contributed by atoms with E-state index in [1.807, 2.05) is 20.8 Å². The fraction of sp³-hybridized carbons (Fsp3) is 0.758. The summed E-state index contributed by atoms with van der Waals surface area (Å²) in [5.74, 6) is -2.94. The quantitative estimate of drug-likeness (QED) is 0.285. The normalized spacial score (nSPS) is 26.5. The lowest BCUT2D eigenvalue weighted by Crippen LogP contribution is -2.59. The Labute approximate surface area is 265 Å². The van der Waals surface area contributed by atoms with Gasteiger partial charge in [-0.25, -0.2) is 4.98 Å². The van der Waals surface area contributed by atoms with Crippen LogP contribution in [0.3, 0.4) is 0 Å². The van der Waals surface area contributed by atoms with E-state index >= 15 is 0 Å². The molecule has 248 valence electrons. The van der Waals surface area contributed by atoms with E-state index in [0.717, 1.165) is 38.5 Å². The zero-order valence-electron chi connectivity index (χ0n) is 27.7. The molecule has 1 saturated heterocycles. The van der Waals surface area contributed by atoms with Crippen molar-refractivity contribution in [2.75, 3.05) is 6.54 Å². The number of aromatic nitrogens is 1. The third kappa shape index (κ3) is 5.36. The Kier molecular flexibility index (Phi) is 8.03. The van der Waals surface area contributed by atoms with Crippen molar-refractivity contribution >= 4 is 29.4 Å². The van der Waals surface area contributed by atoms with Crippen LogP contribution in [-0.4, -0.2) is 64.0 Å². The Hall–Kier alpha value is -3.28. The molecule has 1 aromatic heterocycles. The smallest absolute Gasteiger partial charge is 0.287 e. The highest BCUT2D eigenvalue weighted by Gasteiger charge is 2.85. The first-order chi connectivity index (χ1) is 20.8. The third-order valence-corrected chi connectivity index (χ3v) is 11.7. The van der Waals surface area contributed by atoms with Crippen molar-refractivity contribution in [1.29, 1.82) is 0 Å². The molecule has 12 heteroatoms. The highest BCUT2D eigenvalue weighted by molar-refractivity contribution is 6.37. The number of carbonyl (C=O) groups excluding carboxylic acids is 5. The molecule has 3 aliphatic carbocycles. The molecule has 4 atom stereocenters. The van der Waals surface area contributed by atoms with Crippen LogP contribution in [0, 0.1) is 27.6 Å². The number of amides is 4. The van der Waals surface area contributed by atoms with E-state index in [1.54, 1.807) is 18.7 Å². The molecule has 2 spiro atoms. The lowest BCUT2D eigenvalue weighted by Gasteiger charge is -2.36. The van der Waals surface area contributed by atoms with Gasteiger partial charge in [0.1, 0.15) is 18.3 Å². The van der Waals surface area contributed by atoms with Crippen molar-refractivity contribution < 1.29 is 28.4 Å². The molecule has 12 nitrogen and oxygen atoms in total. The first-order valence-electron chi connectivity index (χ1n) is 16.3. The Morgan fingerprint density at radius 2 is 1.69 bits per heavy atom. The first kappa shape index (κ1) is 33.1. The van der Waals surface area contributed by atoms with Crippen molar-refractivity contribution in [1.82, 2.24) is 20.5 Å². The number of rotatable bonds is 10. The molecule has 1 aromatic rings. The van der Waals surface area contributed by atoms with Crippen molar-refractivity contribution in [3.05, 3.63) is 17.8 Å². The zero-order valence-corrected chi connectivity index (χ0v) is 27.7. The summed E-state index contributed by atoms with van der Waals surface area (Å²) in [5.41, 5.74) is 9.49. The number of fused-ring (bicyclic) bond motifs is 1. The molecule has 45 heavy (non-hydrogen) atoms. The lowest BCUT2D eigenvalue weighted by molar-refractivity contribution is -0.143. The summed E-state index contributed by atoms with van der Waals surface area (Å²) in [6, 6.07) is -2.91. The zero-order chi connectivity index (χ0) is 33.3. The Morgan fingerprint density at radius 3 is 2.13 bits per heavy atom. The van der Waals surface area contributed by atoms with Gasteiger partial charge in [-0.2, -0.15) is 0 Å². The molecule has 4 aliphatic rings. The van der Waals surface area contributed by atoms with Gasteiger partial charge in [0.2, 0.25) is 23.5 Å². The van der Waals surface area contributed by atoms with E-state index in [1.165, 1.54) is 6.26 Å². The Morgan fingerprint density at radius 1 is 1.04 bits per heavy atom. The van der Waals surface area contributed by atoms with Crippen LogP contribution in [0.2, 0.25) is 0 Å². The van der Waals surface area contributed by atoms with Crippen LogP contribution < -0.4 is 22.1 Å². The number of nitrogens with zero attached hydrogens (tertiary/aromatic N) is 2. The number of Topliss-reactive ketones (excluding diaryl/α,β-unsaturated/α-hetero) is 1. The maximum absolute atomic E-state index is 14.6. The highest BCUT2D eigenvalue weighted by atomic mass is 16.3. The fourth-order valence-electron chi connectivity index (χ4n) is 8.49. The van der Waals surface area contributed by atoms with Crippen LogP contribution in [0.1, 0.15) is 116 Å². The van der Waals surface area contributed by atoms with E-state index < -0.39 is 52.6 Å². The summed E-state index contributed by atoms with van der Waals surface area (Å²) in [5, 5.41) is 5.70. The molecular formula is C33H50N6O6. The second-order valence-corrected chi connectivity index (χ2v) is 16.2. The van der Waals surface area contributed by atoms with Crippen LogP contribution >= 0.6 is 0 Å². The summed E-state index contributed by atoms with van der Waals surface area (Å²) < 4.78 is 5.43. The SMILES string of the molecule is CC(C)(N)c1nc(C(=O)NC(C(=O)N2CC3(C[C@H]2C(=O)NC(CC2CCC2)C(=O)C(N)=O)C(C)(C)C32CCC2)C(C)(C)C)co1. The Balaban J connectivity index is 1.43. The van der Waals surface area contributed by atoms with Crippen molar-refractivity contribution in [3.8, 4) is 0 Å². The molecule has 5 rings (SSSR count). The number of nitrogens with two attached hydrogens (primary N) is 2. The average molecular weight is 627 g/mol. The number of oxazole rings is 1. The number of carbonyl (C=O) groups is 5. The van der Waals surface area contributed by atoms with E-state index in [0.29, 0.717) is 19.4 Å². The molecule has 4 amide bonds. The molecule has 0 radical (unpaired) electrons. The molecule has 3 saturated carbocycles. The van der Waals surface area contributed by atoms with Crippen LogP contribution in [0.15, 0.2) is 10.7 Å². The molecule has 1 aliphatic heterocycles. The number of likely N-dealkylation sites (tertiary alicyclic amines) is 1. The molecule has 0 aromatic carbocycles. The highest BCUT2D eigenvalue weighted by Crippen LogP contribution is 2.88. The molecule has 3 unspecified atom stereocenters. The number of primary amides is 1. The summed E-state index contributed by atoms with van der Waals surface area (Å²) in [6.07, 6.45) is 8.07. The van der Waals surface area contributed by atoms with Gasteiger partial charge in [0, 0.05) is 12.0 Å². The van der Waals surface area contributed by atoms with Gasteiger partial charge in [-0.3, -0.25) is 24.0 Å². The second-order valence-electron chi connectivity index (χ2n) is 16.2. The number of hydrogen-bond donors (Lipinski definition) is 4. The Bertz CT molecular complexity index is 1390. The van der Waals surface area contributed by atoms with Gasteiger partial charge in [-0.15, -0.1) is 0 Å². The molecule has 6 N–H and O–H groups in total. The van der Waals surface area contributed by atoms with Crippen LogP contribution in [0.5, 0.6) is 0 Å². The van der Waals surface area contributed by atoms with Crippen LogP contribution in [-0.2, 0) is 24.7 Å². The van der Waals surface area contributed by atoms with Gasteiger partial charge in [-0.05, 0) is 61.7 Å². The van der Waals surface area contributed by atoms with Gasteiger partial charge < -0.3 is 31.4 Å². The number of nitrogens with one attached hydrogen (secondary N) is 2. The van der Waals surface area contributed by atoms with E-state index in [2.05, 4.69) is 29.5 Å². The van der Waals surface area contributed by atoms with Gasteiger partial charge in [0.15, 0.2) is 5.69 Å². The molecule has 4 fully saturated rings. The minimum Gasteiger partial charge on any atom is -0.446 e. The fourth-order valence-corrected chi connectivity index (χ4v) is 8.49. The molecule has 0 bridgehead atoms.